The minimum absolute atomic E-state index is 0.0327. The molecule has 0 spiro atoms. The fourth-order valence-electron chi connectivity index (χ4n) is 3.77. The maximum absolute atomic E-state index is 12.9. The Morgan fingerprint density at radius 3 is 2.56 bits per heavy atom. The number of carbonyl (C=O) groups excluding carboxylic acids is 1. The van der Waals surface area contributed by atoms with Crippen molar-refractivity contribution in [1.29, 1.82) is 0 Å². The summed E-state index contributed by atoms with van der Waals surface area (Å²) in [6.45, 7) is 6.67. The quantitative estimate of drug-likeness (QED) is 0.809. The van der Waals surface area contributed by atoms with E-state index in [9.17, 15) is 18.0 Å². The second kappa shape index (κ2) is 7.01. The van der Waals surface area contributed by atoms with E-state index in [2.05, 4.69) is 9.97 Å². The average molecular weight is 397 g/mol. The summed E-state index contributed by atoms with van der Waals surface area (Å²) in [5, 5.41) is 0. The molecule has 8 nitrogen and oxygen atoms in total. The van der Waals surface area contributed by atoms with E-state index in [1.165, 1.54) is 4.31 Å². The summed E-state index contributed by atoms with van der Waals surface area (Å²) >= 11 is 0. The van der Waals surface area contributed by atoms with E-state index in [0.29, 0.717) is 30.0 Å². The van der Waals surface area contributed by atoms with Crippen molar-refractivity contribution in [1.82, 2.24) is 19.2 Å². The van der Waals surface area contributed by atoms with Crippen molar-refractivity contribution in [2.75, 3.05) is 19.3 Å². The number of carbonyl (C=O) groups is 1. The van der Waals surface area contributed by atoms with Crippen LogP contribution in [0.2, 0.25) is 0 Å². The molecular formula is C18H28N4O4S. The Morgan fingerprint density at radius 2 is 1.93 bits per heavy atom. The van der Waals surface area contributed by atoms with E-state index in [0.717, 1.165) is 25.5 Å². The number of aromatic nitrogens is 2. The van der Waals surface area contributed by atoms with Gasteiger partial charge in [0.2, 0.25) is 15.9 Å². The lowest BCUT2D eigenvalue weighted by Gasteiger charge is -2.39. The summed E-state index contributed by atoms with van der Waals surface area (Å²) in [4.78, 5) is 34.8. The smallest absolute Gasteiger partial charge is 0.254 e. The van der Waals surface area contributed by atoms with Crippen molar-refractivity contribution < 1.29 is 13.2 Å². The third-order valence-electron chi connectivity index (χ3n) is 5.25. The van der Waals surface area contributed by atoms with Crippen molar-refractivity contribution >= 4 is 15.9 Å². The largest absolute Gasteiger partial charge is 0.332 e. The Hall–Kier alpha value is -1.74. The molecule has 2 aliphatic heterocycles. The number of nitrogens with one attached hydrogen (secondary N) is 1. The van der Waals surface area contributed by atoms with Crippen LogP contribution in [0.4, 0.5) is 0 Å². The molecule has 1 aromatic heterocycles. The van der Waals surface area contributed by atoms with Crippen LogP contribution in [0.3, 0.4) is 0 Å². The molecule has 1 N–H and O–H groups in total. The van der Waals surface area contributed by atoms with Crippen LogP contribution in [-0.2, 0) is 27.8 Å². The van der Waals surface area contributed by atoms with E-state index < -0.39 is 15.4 Å². The number of fused-ring (bicyclic) bond motifs is 1. The molecule has 1 amide bonds. The summed E-state index contributed by atoms with van der Waals surface area (Å²) in [6, 6.07) is -0.280. The van der Waals surface area contributed by atoms with Crippen LogP contribution < -0.4 is 5.56 Å². The summed E-state index contributed by atoms with van der Waals surface area (Å²) in [7, 11) is -3.35. The Kier molecular flexibility index (Phi) is 5.20. The lowest BCUT2D eigenvalue weighted by molar-refractivity contribution is -0.143. The topological polar surface area (TPSA) is 103 Å². The summed E-state index contributed by atoms with van der Waals surface area (Å²) in [5.74, 6) is 0.497. The van der Waals surface area contributed by atoms with Gasteiger partial charge < -0.3 is 9.88 Å². The molecule has 0 saturated carbocycles. The molecule has 1 atom stereocenters. The number of rotatable bonds is 2. The predicted octanol–water partition coefficient (Wildman–Crippen LogP) is 1.19. The molecule has 27 heavy (non-hydrogen) atoms. The zero-order valence-electron chi connectivity index (χ0n) is 16.4. The molecule has 0 aromatic carbocycles. The molecule has 1 fully saturated rings. The third-order valence-corrected chi connectivity index (χ3v) is 6.50. The van der Waals surface area contributed by atoms with Crippen LogP contribution in [0.25, 0.3) is 0 Å². The van der Waals surface area contributed by atoms with Gasteiger partial charge in [-0.2, -0.15) is 4.31 Å². The first kappa shape index (κ1) is 20.0. The van der Waals surface area contributed by atoms with Crippen LogP contribution in [0, 0.1) is 5.41 Å². The predicted molar refractivity (Wildman–Crippen MR) is 102 cm³/mol. The highest BCUT2D eigenvalue weighted by atomic mass is 32.2. The summed E-state index contributed by atoms with van der Waals surface area (Å²) in [5.41, 5.74) is 0.302. The molecule has 150 valence electrons. The summed E-state index contributed by atoms with van der Waals surface area (Å²) in [6.07, 6.45) is 4.13. The Labute approximate surface area is 160 Å². The molecule has 0 radical (unpaired) electrons. The van der Waals surface area contributed by atoms with E-state index >= 15 is 0 Å². The zero-order chi connectivity index (χ0) is 20.0. The van der Waals surface area contributed by atoms with Gasteiger partial charge in [-0.3, -0.25) is 9.59 Å². The first-order valence-electron chi connectivity index (χ1n) is 9.36. The molecule has 1 unspecified atom stereocenters. The standard InChI is InChI=1S/C18H28N4O4S/c1-18(2,3)17(24)22-9-6-5-7-14(22)15-19-13-11-21(27(4,25)26)10-8-12(13)16(23)20-15/h14H,5-11H2,1-4H3,(H,19,20,23). The molecule has 0 aliphatic carbocycles. The van der Waals surface area contributed by atoms with E-state index in [1.807, 2.05) is 25.7 Å². The monoisotopic (exact) mass is 396 g/mol. The van der Waals surface area contributed by atoms with Crippen LogP contribution in [0.5, 0.6) is 0 Å². The number of hydrogen-bond donors (Lipinski definition) is 1. The SMILES string of the molecule is CC(C)(C)C(=O)N1CCCCC1c1nc2c(c(=O)[nH]1)CCN(S(C)(=O)=O)C2. The highest BCUT2D eigenvalue weighted by molar-refractivity contribution is 7.88. The van der Waals surface area contributed by atoms with Gasteiger partial charge in [0.1, 0.15) is 5.82 Å². The average Bonchev–Trinajstić information content (AvgIpc) is 2.59. The van der Waals surface area contributed by atoms with Gasteiger partial charge in [-0.05, 0) is 25.7 Å². The van der Waals surface area contributed by atoms with E-state index in [-0.39, 0.29) is 30.6 Å². The Morgan fingerprint density at radius 1 is 1.22 bits per heavy atom. The molecule has 2 aliphatic rings. The maximum Gasteiger partial charge on any atom is 0.254 e. The number of hydrogen-bond acceptors (Lipinski definition) is 5. The second-order valence-electron chi connectivity index (χ2n) is 8.48. The van der Waals surface area contributed by atoms with E-state index in [4.69, 9.17) is 0 Å². The molecule has 3 heterocycles. The highest BCUT2D eigenvalue weighted by Gasteiger charge is 2.36. The van der Waals surface area contributed by atoms with Crippen LogP contribution in [-0.4, -0.2) is 52.8 Å². The van der Waals surface area contributed by atoms with Crippen molar-refractivity contribution in [3.8, 4) is 0 Å². The molecular weight excluding hydrogens is 368 g/mol. The minimum atomic E-state index is -3.35. The van der Waals surface area contributed by atoms with Crippen LogP contribution in [0.15, 0.2) is 4.79 Å². The van der Waals surface area contributed by atoms with Crippen molar-refractivity contribution in [3.63, 3.8) is 0 Å². The first-order valence-corrected chi connectivity index (χ1v) is 11.2. The van der Waals surface area contributed by atoms with Crippen molar-refractivity contribution in [2.24, 2.45) is 5.41 Å². The zero-order valence-corrected chi connectivity index (χ0v) is 17.2. The normalized spacial score (nSPS) is 21.8. The van der Waals surface area contributed by atoms with Gasteiger partial charge in [-0.1, -0.05) is 20.8 Å². The lowest BCUT2D eigenvalue weighted by atomic mass is 9.91. The van der Waals surface area contributed by atoms with Gasteiger partial charge in [0.15, 0.2) is 0 Å². The van der Waals surface area contributed by atoms with E-state index in [1.54, 1.807) is 0 Å². The van der Waals surface area contributed by atoms with Gasteiger partial charge in [-0.25, -0.2) is 13.4 Å². The summed E-state index contributed by atoms with van der Waals surface area (Å²) < 4.78 is 25.1. The molecule has 1 aromatic rings. The van der Waals surface area contributed by atoms with Gasteiger partial charge in [-0.15, -0.1) is 0 Å². The third kappa shape index (κ3) is 4.08. The lowest BCUT2D eigenvalue weighted by Crippen LogP contribution is -2.46. The van der Waals surface area contributed by atoms with Gasteiger partial charge in [0, 0.05) is 24.1 Å². The number of likely N-dealkylation sites (tertiary alicyclic amines) is 1. The molecule has 0 bridgehead atoms. The Balaban J connectivity index is 1.98. The number of nitrogens with zero attached hydrogens (tertiary/aromatic N) is 3. The number of H-pyrrole nitrogens is 1. The maximum atomic E-state index is 12.9. The second-order valence-corrected chi connectivity index (χ2v) is 10.5. The number of aromatic amines is 1. The van der Waals surface area contributed by atoms with Gasteiger partial charge in [0.25, 0.3) is 5.56 Å². The highest BCUT2D eigenvalue weighted by Crippen LogP contribution is 2.33. The number of amides is 1. The van der Waals surface area contributed by atoms with Crippen molar-refractivity contribution in [2.45, 2.75) is 59.0 Å². The molecule has 1 saturated heterocycles. The van der Waals surface area contributed by atoms with Crippen LogP contribution in [0.1, 0.15) is 63.2 Å². The fourth-order valence-corrected chi connectivity index (χ4v) is 4.55. The molecule has 9 heteroatoms. The Bertz CT molecular complexity index is 901. The molecule has 3 rings (SSSR count). The van der Waals surface area contributed by atoms with Crippen molar-refractivity contribution in [3.05, 3.63) is 27.4 Å². The first-order chi connectivity index (χ1) is 12.5. The van der Waals surface area contributed by atoms with Gasteiger partial charge in [0.05, 0.1) is 24.5 Å². The minimum Gasteiger partial charge on any atom is -0.332 e. The van der Waals surface area contributed by atoms with Gasteiger partial charge >= 0.3 is 0 Å². The number of piperidine rings is 1. The fraction of sp³-hybridized carbons (Fsp3) is 0.722. The van der Waals surface area contributed by atoms with Crippen LogP contribution >= 0.6 is 0 Å². The number of sulfonamides is 1.